The predicted molar refractivity (Wildman–Crippen MR) is 108 cm³/mol. The smallest absolute Gasteiger partial charge is 0.251 e. The lowest BCUT2D eigenvalue weighted by Gasteiger charge is -2.09. The van der Waals surface area contributed by atoms with Gasteiger partial charge in [0.05, 0.1) is 19.9 Å². The van der Waals surface area contributed by atoms with Crippen molar-refractivity contribution in [2.45, 2.75) is 13.3 Å². The summed E-state index contributed by atoms with van der Waals surface area (Å²) in [4.78, 5) is 18.0. The molecule has 5 nitrogen and oxygen atoms in total. The Kier molecular flexibility index (Phi) is 6.26. The highest BCUT2D eigenvalue weighted by Crippen LogP contribution is 2.28. The summed E-state index contributed by atoms with van der Waals surface area (Å²) in [5.74, 6) is 0.627. The van der Waals surface area contributed by atoms with Gasteiger partial charge < -0.3 is 14.8 Å². The highest BCUT2D eigenvalue weighted by atomic mass is 32.1. The molecule has 0 aliphatic carbocycles. The fraction of sp³-hybridized carbons (Fsp3) is 0.238. The highest BCUT2D eigenvalue weighted by Gasteiger charge is 2.12. The van der Waals surface area contributed by atoms with Gasteiger partial charge in [-0.15, -0.1) is 11.3 Å². The minimum atomic E-state index is -0.284. The number of ether oxygens (including phenoxy) is 2. The van der Waals surface area contributed by atoms with E-state index in [0.29, 0.717) is 30.0 Å². The van der Waals surface area contributed by atoms with E-state index >= 15 is 0 Å². The number of carbonyl (C=O) groups is 1. The Labute approximate surface area is 167 Å². The van der Waals surface area contributed by atoms with Crippen LogP contribution in [-0.4, -0.2) is 31.7 Å². The summed E-state index contributed by atoms with van der Waals surface area (Å²) in [5.41, 5.74) is 2.12. The van der Waals surface area contributed by atoms with Crippen LogP contribution in [0.15, 0.2) is 42.5 Å². The van der Waals surface area contributed by atoms with Gasteiger partial charge in [-0.05, 0) is 31.2 Å². The van der Waals surface area contributed by atoms with E-state index in [4.69, 9.17) is 9.47 Å². The molecule has 0 fully saturated rings. The minimum absolute atomic E-state index is 0.204. The molecule has 3 aromatic rings. The van der Waals surface area contributed by atoms with Crippen molar-refractivity contribution in [3.8, 4) is 22.1 Å². The standard InChI is InChI=1S/C21H21FN2O3S/c1-13-19(28-21(24-13)14-5-4-6-16(22)9-14)7-8-23-20(25)15-10-17(26-2)12-18(11-15)27-3/h4-6,9-12H,7-8H2,1-3H3,(H,23,25). The SMILES string of the molecule is COc1cc(OC)cc(C(=O)NCCc2sc(-c3cccc(F)c3)nc2C)c1. The second-order valence-electron chi connectivity index (χ2n) is 6.15. The first-order valence-corrected chi connectivity index (χ1v) is 9.55. The Morgan fingerprint density at radius 1 is 1.14 bits per heavy atom. The van der Waals surface area contributed by atoms with Crippen molar-refractivity contribution < 1.29 is 18.7 Å². The van der Waals surface area contributed by atoms with Gasteiger partial charge in [-0.25, -0.2) is 9.37 Å². The summed E-state index contributed by atoms with van der Waals surface area (Å²) in [6, 6.07) is 11.4. The summed E-state index contributed by atoms with van der Waals surface area (Å²) in [7, 11) is 3.08. The minimum Gasteiger partial charge on any atom is -0.497 e. The maximum absolute atomic E-state index is 13.4. The Balaban J connectivity index is 1.65. The van der Waals surface area contributed by atoms with E-state index < -0.39 is 0 Å². The molecule has 0 spiro atoms. The van der Waals surface area contributed by atoms with Crippen LogP contribution in [0.25, 0.3) is 10.6 Å². The number of halogens is 1. The second-order valence-corrected chi connectivity index (χ2v) is 7.23. The number of aromatic nitrogens is 1. The Hall–Kier alpha value is -2.93. The van der Waals surface area contributed by atoms with Crippen molar-refractivity contribution >= 4 is 17.2 Å². The maximum Gasteiger partial charge on any atom is 0.251 e. The lowest BCUT2D eigenvalue weighted by atomic mass is 10.2. The molecule has 0 saturated carbocycles. The summed E-state index contributed by atoms with van der Waals surface area (Å²) in [6.45, 7) is 2.38. The quantitative estimate of drug-likeness (QED) is 0.644. The number of benzene rings is 2. The number of hydrogen-bond donors (Lipinski definition) is 1. The van der Waals surface area contributed by atoms with Gasteiger partial charge in [0.15, 0.2) is 0 Å². The van der Waals surface area contributed by atoms with E-state index in [9.17, 15) is 9.18 Å². The van der Waals surface area contributed by atoms with Crippen molar-refractivity contribution in [2.75, 3.05) is 20.8 Å². The zero-order chi connectivity index (χ0) is 20.1. The van der Waals surface area contributed by atoms with Crippen molar-refractivity contribution in [3.05, 3.63) is 64.4 Å². The summed E-state index contributed by atoms with van der Waals surface area (Å²) < 4.78 is 23.8. The van der Waals surface area contributed by atoms with Gasteiger partial charge in [-0.2, -0.15) is 0 Å². The molecule has 2 aromatic carbocycles. The molecular formula is C21H21FN2O3S. The third kappa shape index (κ3) is 4.67. The van der Waals surface area contributed by atoms with Crippen LogP contribution in [0.4, 0.5) is 4.39 Å². The molecule has 7 heteroatoms. The number of nitrogens with one attached hydrogen (secondary N) is 1. The van der Waals surface area contributed by atoms with Gasteiger partial charge in [-0.3, -0.25) is 4.79 Å². The molecule has 28 heavy (non-hydrogen) atoms. The largest absolute Gasteiger partial charge is 0.497 e. The predicted octanol–water partition coefficient (Wildman–Crippen LogP) is 4.25. The Bertz CT molecular complexity index is 965. The molecule has 3 rings (SSSR count). The number of methoxy groups -OCH3 is 2. The van der Waals surface area contributed by atoms with Crippen molar-refractivity contribution in [2.24, 2.45) is 0 Å². The zero-order valence-electron chi connectivity index (χ0n) is 15.9. The van der Waals surface area contributed by atoms with E-state index in [1.54, 1.807) is 38.5 Å². The Morgan fingerprint density at radius 2 is 1.86 bits per heavy atom. The van der Waals surface area contributed by atoms with Gasteiger partial charge in [0.25, 0.3) is 5.91 Å². The summed E-state index contributed by atoms with van der Waals surface area (Å²) in [6.07, 6.45) is 0.645. The van der Waals surface area contributed by atoms with Crippen LogP contribution < -0.4 is 14.8 Å². The molecule has 0 atom stereocenters. The lowest BCUT2D eigenvalue weighted by Crippen LogP contribution is -2.25. The van der Waals surface area contributed by atoms with Gasteiger partial charge in [-0.1, -0.05) is 12.1 Å². The number of amides is 1. The van der Waals surface area contributed by atoms with Crippen molar-refractivity contribution in [1.29, 1.82) is 0 Å². The molecule has 0 aliphatic rings. The normalized spacial score (nSPS) is 10.6. The number of aryl methyl sites for hydroxylation is 1. The van der Waals surface area contributed by atoms with Gasteiger partial charge in [0.1, 0.15) is 22.3 Å². The molecule has 1 amide bonds. The van der Waals surface area contributed by atoms with E-state index in [1.165, 1.54) is 23.5 Å². The molecule has 146 valence electrons. The fourth-order valence-corrected chi connectivity index (χ4v) is 3.79. The second kappa shape index (κ2) is 8.84. The molecule has 1 N–H and O–H groups in total. The Morgan fingerprint density at radius 3 is 2.50 bits per heavy atom. The number of nitrogens with zero attached hydrogens (tertiary/aromatic N) is 1. The highest BCUT2D eigenvalue weighted by molar-refractivity contribution is 7.15. The first kappa shape index (κ1) is 19.8. The van der Waals surface area contributed by atoms with Crippen LogP contribution in [0.3, 0.4) is 0 Å². The summed E-state index contributed by atoms with van der Waals surface area (Å²) >= 11 is 1.51. The number of carbonyl (C=O) groups excluding carboxylic acids is 1. The average molecular weight is 400 g/mol. The first-order valence-electron chi connectivity index (χ1n) is 8.73. The molecule has 0 bridgehead atoms. The van der Waals surface area contributed by atoms with Crippen LogP contribution in [0, 0.1) is 12.7 Å². The van der Waals surface area contributed by atoms with Crippen molar-refractivity contribution in [3.63, 3.8) is 0 Å². The molecule has 0 radical (unpaired) electrons. The van der Waals surface area contributed by atoms with Crippen LogP contribution in [-0.2, 0) is 6.42 Å². The molecule has 0 unspecified atom stereocenters. The van der Waals surface area contributed by atoms with E-state index in [-0.39, 0.29) is 11.7 Å². The monoisotopic (exact) mass is 400 g/mol. The average Bonchev–Trinajstić information content (AvgIpc) is 3.08. The molecule has 1 aromatic heterocycles. The molecule has 0 saturated heterocycles. The number of hydrogen-bond acceptors (Lipinski definition) is 5. The van der Waals surface area contributed by atoms with E-state index in [0.717, 1.165) is 21.1 Å². The summed E-state index contributed by atoms with van der Waals surface area (Å²) in [5, 5.41) is 3.68. The lowest BCUT2D eigenvalue weighted by molar-refractivity contribution is 0.0953. The van der Waals surface area contributed by atoms with E-state index in [1.807, 2.05) is 13.0 Å². The van der Waals surface area contributed by atoms with Crippen LogP contribution in [0.1, 0.15) is 20.9 Å². The van der Waals surface area contributed by atoms with Crippen LogP contribution in [0.5, 0.6) is 11.5 Å². The molecular weight excluding hydrogens is 379 g/mol. The van der Waals surface area contributed by atoms with Crippen LogP contribution >= 0.6 is 11.3 Å². The fourth-order valence-electron chi connectivity index (χ4n) is 2.74. The topological polar surface area (TPSA) is 60.5 Å². The third-order valence-electron chi connectivity index (χ3n) is 4.22. The first-order chi connectivity index (χ1) is 13.5. The van der Waals surface area contributed by atoms with Crippen LogP contribution in [0.2, 0.25) is 0 Å². The zero-order valence-corrected chi connectivity index (χ0v) is 16.7. The number of thiazole rings is 1. The maximum atomic E-state index is 13.4. The van der Waals surface area contributed by atoms with E-state index in [2.05, 4.69) is 10.3 Å². The molecule has 1 heterocycles. The number of rotatable bonds is 7. The van der Waals surface area contributed by atoms with Gasteiger partial charge >= 0.3 is 0 Å². The van der Waals surface area contributed by atoms with Gasteiger partial charge in [0, 0.05) is 35.0 Å². The van der Waals surface area contributed by atoms with Gasteiger partial charge in [0.2, 0.25) is 0 Å². The molecule has 0 aliphatic heterocycles. The van der Waals surface area contributed by atoms with Crippen molar-refractivity contribution in [1.82, 2.24) is 10.3 Å². The third-order valence-corrected chi connectivity index (χ3v) is 5.48.